The highest BCUT2D eigenvalue weighted by Crippen LogP contribution is 2.43. The summed E-state index contributed by atoms with van der Waals surface area (Å²) in [6.07, 6.45) is 1.77. The zero-order valence-electron chi connectivity index (χ0n) is 10.9. The zero-order valence-corrected chi connectivity index (χ0v) is 12.4. The van der Waals surface area contributed by atoms with Crippen LogP contribution in [0.15, 0.2) is 52.8 Å². The molecule has 0 bridgehead atoms. The van der Waals surface area contributed by atoms with Gasteiger partial charge in [-0.05, 0) is 29.3 Å². The Hall–Kier alpha value is -1.45. The number of halogens is 2. The summed E-state index contributed by atoms with van der Waals surface area (Å²) in [5.41, 5.74) is 2.18. The van der Waals surface area contributed by atoms with Gasteiger partial charge in [-0.3, -0.25) is 0 Å². The summed E-state index contributed by atoms with van der Waals surface area (Å²) in [6.45, 7) is 2.15. The molecular formula is C15H13Cl2N3. The Morgan fingerprint density at radius 3 is 2.05 bits per heavy atom. The molecule has 1 aliphatic rings. The Labute approximate surface area is 127 Å². The average Bonchev–Trinajstić information content (AvgIpc) is 2.83. The lowest BCUT2D eigenvalue weighted by molar-refractivity contribution is 0.463. The van der Waals surface area contributed by atoms with Crippen molar-refractivity contribution in [2.45, 2.75) is 19.0 Å². The smallest absolute Gasteiger partial charge is 0.129 e. The van der Waals surface area contributed by atoms with E-state index in [2.05, 4.69) is 22.1 Å². The van der Waals surface area contributed by atoms with E-state index in [1.54, 1.807) is 12.3 Å². The van der Waals surface area contributed by atoms with Gasteiger partial charge in [0.05, 0.1) is 0 Å². The van der Waals surface area contributed by atoms with E-state index in [1.807, 2.05) is 30.3 Å². The summed E-state index contributed by atoms with van der Waals surface area (Å²) in [5, 5.41) is 10.0. The Morgan fingerprint density at radius 2 is 1.45 bits per heavy atom. The monoisotopic (exact) mass is 305 g/mol. The van der Waals surface area contributed by atoms with Crippen LogP contribution < -0.4 is 0 Å². The highest BCUT2D eigenvalue weighted by atomic mass is 35.5. The molecule has 1 aromatic heterocycles. The van der Waals surface area contributed by atoms with Gasteiger partial charge in [0.1, 0.15) is 17.2 Å². The number of aromatic nitrogens is 1. The van der Waals surface area contributed by atoms with Crippen molar-refractivity contribution < 1.29 is 0 Å². The van der Waals surface area contributed by atoms with Crippen molar-refractivity contribution >= 4 is 23.2 Å². The number of rotatable bonds is 2. The van der Waals surface area contributed by atoms with Crippen molar-refractivity contribution in [1.29, 1.82) is 0 Å². The number of hydrogen-bond donors (Lipinski definition) is 0. The maximum atomic E-state index is 5.92. The molecule has 2 heterocycles. The summed E-state index contributed by atoms with van der Waals surface area (Å²) in [5.74, 6) is 0.277. The first-order valence-electron chi connectivity index (χ1n) is 6.42. The molecule has 0 fully saturated rings. The van der Waals surface area contributed by atoms with Crippen LogP contribution in [0.3, 0.4) is 0 Å². The van der Waals surface area contributed by atoms with Crippen LogP contribution in [0.4, 0.5) is 0 Å². The van der Waals surface area contributed by atoms with Crippen molar-refractivity contribution in [3.8, 4) is 0 Å². The summed E-state index contributed by atoms with van der Waals surface area (Å²) >= 11 is 11.7. The molecule has 0 saturated carbocycles. The van der Waals surface area contributed by atoms with Gasteiger partial charge in [0.15, 0.2) is 0 Å². The SMILES string of the molecule is CC1C(c2ccc(Cl)cc2)N=NC1c1ccc(Cl)nc1. The number of nitrogens with zero attached hydrogens (tertiary/aromatic N) is 3. The Balaban J connectivity index is 1.84. The van der Waals surface area contributed by atoms with Crippen molar-refractivity contribution in [2.75, 3.05) is 0 Å². The second-order valence-electron chi connectivity index (χ2n) is 4.95. The first-order chi connectivity index (χ1) is 9.65. The van der Waals surface area contributed by atoms with E-state index in [0.717, 1.165) is 16.1 Å². The van der Waals surface area contributed by atoms with Crippen molar-refractivity contribution in [3.05, 3.63) is 63.9 Å². The lowest BCUT2D eigenvalue weighted by atomic mass is 9.88. The fourth-order valence-electron chi connectivity index (χ4n) is 2.49. The van der Waals surface area contributed by atoms with E-state index in [1.165, 1.54) is 0 Å². The van der Waals surface area contributed by atoms with Crippen LogP contribution in [0.2, 0.25) is 10.2 Å². The maximum Gasteiger partial charge on any atom is 0.129 e. The number of azo groups is 1. The molecule has 1 aromatic carbocycles. The highest BCUT2D eigenvalue weighted by molar-refractivity contribution is 6.30. The summed E-state index contributed by atoms with van der Waals surface area (Å²) < 4.78 is 0. The molecule has 3 rings (SSSR count). The van der Waals surface area contributed by atoms with E-state index in [-0.39, 0.29) is 18.0 Å². The van der Waals surface area contributed by atoms with Crippen LogP contribution in [0.25, 0.3) is 0 Å². The molecule has 0 amide bonds. The lowest BCUT2D eigenvalue weighted by Crippen LogP contribution is -2.10. The molecule has 3 unspecified atom stereocenters. The molecule has 20 heavy (non-hydrogen) atoms. The predicted octanol–water partition coefficient (Wildman–Crippen LogP) is 5.27. The van der Waals surface area contributed by atoms with Gasteiger partial charge in [-0.2, -0.15) is 10.2 Å². The van der Waals surface area contributed by atoms with Crippen molar-refractivity contribution in [3.63, 3.8) is 0 Å². The second-order valence-corrected chi connectivity index (χ2v) is 5.77. The van der Waals surface area contributed by atoms with Gasteiger partial charge >= 0.3 is 0 Å². The second kappa shape index (κ2) is 5.51. The minimum absolute atomic E-state index is 0.0282. The normalized spacial score (nSPS) is 25.1. The molecule has 0 spiro atoms. The fourth-order valence-corrected chi connectivity index (χ4v) is 2.73. The lowest BCUT2D eigenvalue weighted by Gasteiger charge is -2.17. The highest BCUT2D eigenvalue weighted by Gasteiger charge is 2.33. The van der Waals surface area contributed by atoms with Gasteiger partial charge in [-0.15, -0.1) is 0 Å². The Bertz CT molecular complexity index is 567. The third kappa shape index (κ3) is 2.56. The van der Waals surface area contributed by atoms with Gasteiger partial charge in [0, 0.05) is 17.1 Å². The Morgan fingerprint density at radius 1 is 0.850 bits per heavy atom. The van der Waals surface area contributed by atoms with E-state index in [0.29, 0.717) is 5.15 Å². The third-order valence-corrected chi connectivity index (χ3v) is 4.09. The number of pyridine rings is 1. The molecule has 5 heteroatoms. The fraction of sp³-hybridized carbons (Fsp3) is 0.267. The summed E-state index contributed by atoms with van der Waals surface area (Å²) in [7, 11) is 0. The van der Waals surface area contributed by atoms with Crippen LogP contribution in [-0.4, -0.2) is 4.98 Å². The van der Waals surface area contributed by atoms with Crippen LogP contribution >= 0.6 is 23.2 Å². The minimum Gasteiger partial charge on any atom is -0.244 e. The van der Waals surface area contributed by atoms with Crippen LogP contribution in [0.5, 0.6) is 0 Å². The number of hydrogen-bond acceptors (Lipinski definition) is 3. The van der Waals surface area contributed by atoms with Crippen LogP contribution in [0, 0.1) is 5.92 Å². The van der Waals surface area contributed by atoms with Gasteiger partial charge in [0.25, 0.3) is 0 Å². The minimum atomic E-state index is 0.0282. The standard InChI is InChI=1S/C15H13Cl2N3/c1-9-14(10-2-5-12(16)6-3-10)19-20-15(9)11-4-7-13(17)18-8-11/h2-9,14-15H,1H3. The van der Waals surface area contributed by atoms with Gasteiger partial charge in [-0.25, -0.2) is 4.98 Å². The van der Waals surface area contributed by atoms with Gasteiger partial charge < -0.3 is 0 Å². The molecule has 0 saturated heterocycles. The molecule has 0 radical (unpaired) electrons. The van der Waals surface area contributed by atoms with E-state index in [9.17, 15) is 0 Å². The number of benzene rings is 1. The Kier molecular flexibility index (Phi) is 3.72. The molecule has 102 valence electrons. The molecule has 3 atom stereocenters. The summed E-state index contributed by atoms with van der Waals surface area (Å²) in [4.78, 5) is 4.11. The van der Waals surface area contributed by atoms with Crippen molar-refractivity contribution in [2.24, 2.45) is 16.1 Å². The van der Waals surface area contributed by atoms with Gasteiger partial charge in [0.2, 0.25) is 0 Å². The summed E-state index contributed by atoms with van der Waals surface area (Å²) in [6, 6.07) is 11.6. The molecule has 0 aliphatic carbocycles. The van der Waals surface area contributed by atoms with E-state index < -0.39 is 0 Å². The topological polar surface area (TPSA) is 37.6 Å². The van der Waals surface area contributed by atoms with E-state index >= 15 is 0 Å². The van der Waals surface area contributed by atoms with Gasteiger partial charge in [-0.1, -0.05) is 48.3 Å². The first-order valence-corrected chi connectivity index (χ1v) is 7.17. The largest absolute Gasteiger partial charge is 0.244 e. The predicted molar refractivity (Wildman–Crippen MR) is 80.2 cm³/mol. The molecule has 1 aliphatic heterocycles. The maximum absolute atomic E-state index is 5.92. The molecule has 3 nitrogen and oxygen atoms in total. The first kappa shape index (κ1) is 13.5. The van der Waals surface area contributed by atoms with Crippen LogP contribution in [0.1, 0.15) is 30.1 Å². The molecule has 0 N–H and O–H groups in total. The average molecular weight is 306 g/mol. The zero-order chi connectivity index (χ0) is 14.1. The molecular weight excluding hydrogens is 293 g/mol. The third-order valence-electron chi connectivity index (χ3n) is 3.61. The van der Waals surface area contributed by atoms with Crippen molar-refractivity contribution in [1.82, 2.24) is 4.98 Å². The van der Waals surface area contributed by atoms with E-state index in [4.69, 9.17) is 23.2 Å². The molecule has 2 aromatic rings. The quantitative estimate of drug-likeness (QED) is 0.696. The van der Waals surface area contributed by atoms with Crippen LogP contribution in [-0.2, 0) is 0 Å².